The standard InChI is InChI=1S/C22H35N5/c1-6-27-15-20(13-23-27)14-25(5)16-21-11-18(2)12-22(19(21)3)17-26-9-7-24(4)8-10-26/h11-13,15H,6-10,14,16-17H2,1-5H3. The highest BCUT2D eigenvalue weighted by atomic mass is 15.3. The lowest BCUT2D eigenvalue weighted by atomic mass is 9.98. The molecule has 2 aromatic rings. The van der Waals surface area contributed by atoms with E-state index in [2.05, 4.69) is 73.0 Å². The van der Waals surface area contributed by atoms with Gasteiger partial charge in [-0.1, -0.05) is 17.7 Å². The molecule has 1 aromatic heterocycles. The molecule has 3 rings (SSSR count). The van der Waals surface area contributed by atoms with Gasteiger partial charge in [0.2, 0.25) is 0 Å². The molecule has 5 nitrogen and oxygen atoms in total. The molecule has 27 heavy (non-hydrogen) atoms. The van der Waals surface area contributed by atoms with Crippen LogP contribution in [-0.2, 0) is 26.2 Å². The molecule has 1 aliphatic heterocycles. The number of likely N-dealkylation sites (N-methyl/N-ethyl adjacent to an activating group) is 1. The Morgan fingerprint density at radius 1 is 1.04 bits per heavy atom. The fourth-order valence-electron chi connectivity index (χ4n) is 3.91. The van der Waals surface area contributed by atoms with Crippen LogP contribution in [0.5, 0.6) is 0 Å². The zero-order valence-electron chi connectivity index (χ0n) is 17.7. The first kappa shape index (κ1) is 20.1. The average molecular weight is 370 g/mol. The molecule has 0 N–H and O–H groups in total. The Hall–Kier alpha value is -1.69. The van der Waals surface area contributed by atoms with Crippen molar-refractivity contribution in [2.45, 2.75) is 47.0 Å². The smallest absolute Gasteiger partial charge is 0.0534 e. The minimum absolute atomic E-state index is 0.927. The van der Waals surface area contributed by atoms with Crippen LogP contribution in [0.15, 0.2) is 24.5 Å². The molecular weight excluding hydrogens is 334 g/mol. The van der Waals surface area contributed by atoms with Gasteiger partial charge in [0.25, 0.3) is 0 Å². The predicted molar refractivity (Wildman–Crippen MR) is 112 cm³/mol. The molecule has 0 atom stereocenters. The van der Waals surface area contributed by atoms with Crippen molar-refractivity contribution < 1.29 is 0 Å². The van der Waals surface area contributed by atoms with Gasteiger partial charge >= 0.3 is 0 Å². The number of benzene rings is 1. The van der Waals surface area contributed by atoms with E-state index in [9.17, 15) is 0 Å². The molecule has 0 unspecified atom stereocenters. The van der Waals surface area contributed by atoms with Crippen molar-refractivity contribution >= 4 is 0 Å². The third kappa shape index (κ3) is 5.41. The molecule has 0 saturated carbocycles. The summed E-state index contributed by atoms with van der Waals surface area (Å²) in [5, 5.41) is 4.39. The van der Waals surface area contributed by atoms with E-state index in [0.717, 1.165) is 26.2 Å². The summed E-state index contributed by atoms with van der Waals surface area (Å²) in [6, 6.07) is 4.73. The van der Waals surface area contributed by atoms with E-state index in [1.807, 2.05) is 10.9 Å². The van der Waals surface area contributed by atoms with Crippen LogP contribution in [0.3, 0.4) is 0 Å². The quantitative estimate of drug-likeness (QED) is 0.750. The third-order valence-corrected chi connectivity index (χ3v) is 5.66. The van der Waals surface area contributed by atoms with Crippen LogP contribution in [0.25, 0.3) is 0 Å². The molecule has 5 heteroatoms. The van der Waals surface area contributed by atoms with E-state index in [1.54, 1.807) is 0 Å². The number of rotatable bonds is 7. The molecule has 1 aliphatic rings. The molecule has 0 radical (unpaired) electrons. The van der Waals surface area contributed by atoms with Gasteiger partial charge in [-0.2, -0.15) is 5.10 Å². The Bertz CT molecular complexity index is 743. The second-order valence-electron chi connectivity index (χ2n) is 8.16. The Kier molecular flexibility index (Phi) is 6.68. The highest BCUT2D eigenvalue weighted by molar-refractivity contribution is 5.38. The number of hydrogen-bond acceptors (Lipinski definition) is 4. The normalized spacial score (nSPS) is 16.4. The van der Waals surface area contributed by atoms with Gasteiger partial charge in [-0.05, 0) is 51.6 Å². The summed E-state index contributed by atoms with van der Waals surface area (Å²) in [7, 11) is 4.42. The molecule has 0 amide bonds. The molecule has 0 aliphatic carbocycles. The Morgan fingerprint density at radius 3 is 2.41 bits per heavy atom. The average Bonchev–Trinajstić information content (AvgIpc) is 3.08. The lowest BCUT2D eigenvalue weighted by Gasteiger charge is -2.33. The molecular formula is C22H35N5. The SMILES string of the molecule is CCn1cc(CN(C)Cc2cc(C)cc(CN3CCN(C)CC3)c2C)cn1. The van der Waals surface area contributed by atoms with Crippen molar-refractivity contribution in [1.29, 1.82) is 0 Å². The molecule has 148 valence electrons. The number of aryl methyl sites for hydroxylation is 2. The summed E-state index contributed by atoms with van der Waals surface area (Å²) in [5.41, 5.74) is 7.04. The van der Waals surface area contributed by atoms with E-state index < -0.39 is 0 Å². The monoisotopic (exact) mass is 369 g/mol. The van der Waals surface area contributed by atoms with Gasteiger partial charge in [-0.3, -0.25) is 14.5 Å². The number of aromatic nitrogens is 2. The van der Waals surface area contributed by atoms with Crippen molar-refractivity contribution in [1.82, 2.24) is 24.5 Å². The topological polar surface area (TPSA) is 27.5 Å². The van der Waals surface area contributed by atoms with Gasteiger partial charge in [0.05, 0.1) is 6.20 Å². The molecule has 0 bridgehead atoms. The van der Waals surface area contributed by atoms with Crippen LogP contribution in [0.4, 0.5) is 0 Å². The fraction of sp³-hybridized carbons (Fsp3) is 0.591. The van der Waals surface area contributed by atoms with E-state index in [0.29, 0.717) is 0 Å². The lowest BCUT2D eigenvalue weighted by Crippen LogP contribution is -2.44. The third-order valence-electron chi connectivity index (χ3n) is 5.66. The van der Waals surface area contributed by atoms with E-state index in [-0.39, 0.29) is 0 Å². The molecule has 2 heterocycles. The van der Waals surface area contributed by atoms with Gasteiger partial charge in [0, 0.05) is 64.1 Å². The van der Waals surface area contributed by atoms with Crippen LogP contribution in [0, 0.1) is 13.8 Å². The zero-order chi connectivity index (χ0) is 19.4. The maximum atomic E-state index is 4.39. The zero-order valence-corrected chi connectivity index (χ0v) is 17.7. The second kappa shape index (κ2) is 9.00. The van der Waals surface area contributed by atoms with Gasteiger partial charge < -0.3 is 4.90 Å². The van der Waals surface area contributed by atoms with Crippen LogP contribution >= 0.6 is 0 Å². The van der Waals surface area contributed by atoms with Crippen LogP contribution in [0.2, 0.25) is 0 Å². The summed E-state index contributed by atoms with van der Waals surface area (Å²) < 4.78 is 2.00. The van der Waals surface area contributed by atoms with Crippen molar-refractivity contribution in [3.05, 3.63) is 52.3 Å². The highest BCUT2D eigenvalue weighted by Gasteiger charge is 2.16. The van der Waals surface area contributed by atoms with Gasteiger partial charge in [0.15, 0.2) is 0 Å². The van der Waals surface area contributed by atoms with Crippen molar-refractivity contribution in [2.75, 3.05) is 40.3 Å². The minimum Gasteiger partial charge on any atom is -0.304 e. The van der Waals surface area contributed by atoms with Crippen molar-refractivity contribution in [2.24, 2.45) is 0 Å². The van der Waals surface area contributed by atoms with Crippen molar-refractivity contribution in [3.63, 3.8) is 0 Å². The largest absolute Gasteiger partial charge is 0.304 e. The van der Waals surface area contributed by atoms with Gasteiger partial charge in [-0.15, -0.1) is 0 Å². The maximum absolute atomic E-state index is 4.39. The predicted octanol–water partition coefficient (Wildman–Crippen LogP) is 2.90. The molecule has 1 fully saturated rings. The first-order valence-electron chi connectivity index (χ1n) is 10.1. The Labute approximate surface area is 164 Å². The Morgan fingerprint density at radius 2 is 1.74 bits per heavy atom. The summed E-state index contributed by atoms with van der Waals surface area (Å²) in [4.78, 5) is 7.40. The van der Waals surface area contributed by atoms with Gasteiger partial charge in [0.1, 0.15) is 0 Å². The second-order valence-corrected chi connectivity index (χ2v) is 8.16. The van der Waals surface area contributed by atoms with E-state index in [1.165, 1.54) is 54.0 Å². The Balaban J connectivity index is 1.66. The van der Waals surface area contributed by atoms with E-state index >= 15 is 0 Å². The lowest BCUT2D eigenvalue weighted by molar-refractivity contribution is 0.148. The molecule has 0 spiro atoms. The van der Waals surface area contributed by atoms with Crippen LogP contribution < -0.4 is 0 Å². The maximum Gasteiger partial charge on any atom is 0.0534 e. The number of hydrogen-bond donors (Lipinski definition) is 0. The fourth-order valence-corrected chi connectivity index (χ4v) is 3.91. The minimum atomic E-state index is 0.927. The summed E-state index contributed by atoms with van der Waals surface area (Å²) in [6.45, 7) is 15.2. The summed E-state index contributed by atoms with van der Waals surface area (Å²) >= 11 is 0. The molecule has 1 saturated heterocycles. The van der Waals surface area contributed by atoms with Crippen LogP contribution in [-0.4, -0.2) is 64.8 Å². The first-order valence-corrected chi connectivity index (χ1v) is 10.1. The highest BCUT2D eigenvalue weighted by Crippen LogP contribution is 2.21. The van der Waals surface area contributed by atoms with Crippen LogP contribution in [0.1, 0.15) is 34.7 Å². The first-order chi connectivity index (χ1) is 12.9. The number of piperazine rings is 1. The van der Waals surface area contributed by atoms with Crippen molar-refractivity contribution in [3.8, 4) is 0 Å². The number of nitrogens with zero attached hydrogens (tertiary/aromatic N) is 5. The van der Waals surface area contributed by atoms with E-state index in [4.69, 9.17) is 0 Å². The summed E-state index contributed by atoms with van der Waals surface area (Å²) in [5.74, 6) is 0. The summed E-state index contributed by atoms with van der Waals surface area (Å²) in [6.07, 6.45) is 4.14. The van der Waals surface area contributed by atoms with Gasteiger partial charge in [-0.25, -0.2) is 0 Å². The molecule has 1 aromatic carbocycles.